The third-order valence-electron chi connectivity index (χ3n) is 7.63. The van der Waals surface area contributed by atoms with E-state index in [-0.39, 0.29) is 12.7 Å². The number of amides is 1. The van der Waals surface area contributed by atoms with Gasteiger partial charge in [0.15, 0.2) is 17.2 Å². The second kappa shape index (κ2) is 11.8. The number of carbonyl (C=O) groups is 1. The molecule has 1 fully saturated rings. The first-order valence-corrected chi connectivity index (χ1v) is 13.8. The van der Waals surface area contributed by atoms with Crippen molar-refractivity contribution < 1.29 is 19.0 Å². The first-order valence-electron chi connectivity index (χ1n) is 13.8. The van der Waals surface area contributed by atoms with Crippen molar-refractivity contribution in [1.82, 2.24) is 9.88 Å². The molecule has 0 saturated carbocycles. The highest BCUT2D eigenvalue weighted by Gasteiger charge is 2.23. The van der Waals surface area contributed by atoms with Crippen LogP contribution in [0.5, 0.6) is 17.2 Å². The molecule has 1 amide bonds. The van der Waals surface area contributed by atoms with Gasteiger partial charge in [-0.25, -0.2) is 9.83 Å². The molecule has 4 aromatic rings. The Labute approximate surface area is 245 Å². The van der Waals surface area contributed by atoms with Gasteiger partial charge in [-0.05, 0) is 65.6 Å². The minimum Gasteiger partial charge on any atom is -0.493 e. The summed E-state index contributed by atoms with van der Waals surface area (Å²) in [7, 11) is 1.64. The fourth-order valence-electron chi connectivity index (χ4n) is 5.31. The zero-order chi connectivity index (χ0) is 29.1. The van der Waals surface area contributed by atoms with Gasteiger partial charge in [0, 0.05) is 38.3 Å². The van der Waals surface area contributed by atoms with Crippen molar-refractivity contribution in [3.8, 4) is 28.4 Å². The van der Waals surface area contributed by atoms with Crippen molar-refractivity contribution in [2.45, 2.75) is 13.5 Å². The summed E-state index contributed by atoms with van der Waals surface area (Å²) in [5.74, 6) is 2.79. The summed E-state index contributed by atoms with van der Waals surface area (Å²) in [6.07, 6.45) is 1.71. The zero-order valence-corrected chi connectivity index (χ0v) is 23.6. The normalized spacial score (nSPS) is 14.4. The quantitative estimate of drug-likeness (QED) is 0.281. The lowest BCUT2D eigenvalue weighted by atomic mass is 9.97. The number of rotatable bonds is 7. The molecule has 3 heterocycles. The molecule has 1 saturated heterocycles. The van der Waals surface area contributed by atoms with Crippen LogP contribution in [0.25, 0.3) is 16.0 Å². The smallest absolute Gasteiger partial charge is 0.255 e. The van der Waals surface area contributed by atoms with E-state index in [2.05, 4.69) is 24.9 Å². The van der Waals surface area contributed by atoms with Gasteiger partial charge in [0.05, 0.1) is 25.6 Å². The molecule has 0 spiro atoms. The highest BCUT2D eigenvalue weighted by Crippen LogP contribution is 2.42. The van der Waals surface area contributed by atoms with Crippen LogP contribution in [0.2, 0.25) is 0 Å². The Kier molecular flexibility index (Phi) is 7.62. The second-order valence-electron chi connectivity index (χ2n) is 10.3. The lowest BCUT2D eigenvalue weighted by molar-refractivity contribution is 0.102. The third-order valence-corrected chi connectivity index (χ3v) is 7.63. The number of benzene rings is 3. The molecule has 42 heavy (non-hydrogen) atoms. The first kappa shape index (κ1) is 27.1. The lowest BCUT2D eigenvalue weighted by Gasteiger charge is -2.35. The van der Waals surface area contributed by atoms with E-state index in [9.17, 15) is 4.79 Å². The fraction of sp³-hybridized carbons (Fsp3) is 0.242. The maximum absolute atomic E-state index is 13.1. The van der Waals surface area contributed by atoms with Gasteiger partial charge in [0.1, 0.15) is 5.82 Å². The summed E-state index contributed by atoms with van der Waals surface area (Å²) in [6, 6.07) is 20.9. The van der Waals surface area contributed by atoms with Gasteiger partial charge >= 0.3 is 0 Å². The molecule has 0 bridgehead atoms. The third kappa shape index (κ3) is 5.71. The molecule has 9 heteroatoms. The van der Waals surface area contributed by atoms with Gasteiger partial charge in [0.25, 0.3) is 5.91 Å². The number of anilines is 2. The van der Waals surface area contributed by atoms with E-state index in [0.717, 1.165) is 66.5 Å². The second-order valence-corrected chi connectivity index (χ2v) is 10.3. The fourth-order valence-corrected chi connectivity index (χ4v) is 5.31. The maximum atomic E-state index is 13.1. The van der Waals surface area contributed by atoms with Gasteiger partial charge < -0.3 is 24.4 Å². The Bertz CT molecular complexity index is 1640. The van der Waals surface area contributed by atoms with Gasteiger partial charge in [-0.2, -0.15) is 0 Å². The Balaban J connectivity index is 1.05. The Morgan fingerprint density at radius 2 is 1.83 bits per heavy atom. The highest BCUT2D eigenvalue weighted by atomic mass is 16.7. The number of piperazine rings is 1. The molecule has 0 atom stereocenters. The molecule has 1 aromatic heterocycles. The molecule has 1 N–H and O–H groups in total. The van der Waals surface area contributed by atoms with Crippen LogP contribution in [0, 0.1) is 13.5 Å². The van der Waals surface area contributed by atoms with Gasteiger partial charge in [-0.1, -0.05) is 30.3 Å². The topological polar surface area (TPSA) is 80.5 Å². The number of methoxy groups -OCH3 is 1. The maximum Gasteiger partial charge on any atom is 0.255 e. The van der Waals surface area contributed by atoms with E-state index >= 15 is 0 Å². The zero-order valence-electron chi connectivity index (χ0n) is 23.6. The van der Waals surface area contributed by atoms with Crippen molar-refractivity contribution in [1.29, 1.82) is 0 Å². The average Bonchev–Trinajstić information content (AvgIpc) is 3.51. The van der Waals surface area contributed by atoms with Crippen LogP contribution < -0.4 is 24.4 Å². The Morgan fingerprint density at radius 3 is 2.55 bits per heavy atom. The number of hydrogen-bond acceptors (Lipinski definition) is 7. The van der Waals surface area contributed by atoms with Crippen LogP contribution in [0.15, 0.2) is 72.9 Å². The monoisotopic (exact) mass is 561 g/mol. The molecular formula is C33H31N5O4. The minimum atomic E-state index is -0.197. The molecule has 3 aromatic carbocycles. The number of ether oxygens (including phenoxy) is 3. The molecule has 6 rings (SSSR count). The van der Waals surface area contributed by atoms with E-state index in [0.29, 0.717) is 28.4 Å². The predicted octanol–water partition coefficient (Wildman–Crippen LogP) is 5.92. The van der Waals surface area contributed by atoms with E-state index in [1.807, 2.05) is 61.5 Å². The molecule has 212 valence electrons. The molecule has 2 aliphatic rings. The van der Waals surface area contributed by atoms with Crippen molar-refractivity contribution in [2.24, 2.45) is 0 Å². The SMILES string of the molecule is [C-]#[N+]c1ccc(-c2cc(C(=O)Nc3ccc(N4CCN(Cc5cc(OC)c6c(c5)OCO6)CC4)nc3)ccc2C)cc1. The number of nitrogens with zero attached hydrogens (tertiary/aromatic N) is 4. The number of aromatic nitrogens is 1. The first-order chi connectivity index (χ1) is 20.5. The standard InChI is InChI=1S/C33H31N5O4/c1-22-4-5-25(18-28(22)24-6-8-26(34-2)9-7-24)33(39)36-27-10-11-31(35-19-27)38-14-12-37(13-15-38)20-23-16-29(40-3)32-30(17-23)41-21-42-32/h4-11,16-19H,12-15,20-21H2,1,3H3,(H,36,39). The van der Waals surface area contributed by atoms with Crippen molar-refractivity contribution in [3.63, 3.8) is 0 Å². The number of aryl methyl sites for hydroxylation is 1. The van der Waals surface area contributed by atoms with Gasteiger partial charge in [-0.15, -0.1) is 0 Å². The van der Waals surface area contributed by atoms with Crippen LogP contribution in [0.3, 0.4) is 0 Å². The number of carbonyl (C=O) groups excluding carboxylic acids is 1. The molecule has 9 nitrogen and oxygen atoms in total. The molecule has 0 radical (unpaired) electrons. The van der Waals surface area contributed by atoms with E-state index < -0.39 is 0 Å². The van der Waals surface area contributed by atoms with E-state index in [1.54, 1.807) is 25.4 Å². The van der Waals surface area contributed by atoms with Crippen molar-refractivity contribution in [3.05, 3.63) is 101 Å². The number of nitrogens with one attached hydrogen (secondary N) is 1. The molecule has 0 aliphatic carbocycles. The van der Waals surface area contributed by atoms with Gasteiger partial charge in [0.2, 0.25) is 12.5 Å². The molecule has 2 aliphatic heterocycles. The van der Waals surface area contributed by atoms with E-state index in [4.69, 9.17) is 20.8 Å². The summed E-state index contributed by atoms with van der Waals surface area (Å²) in [5, 5.41) is 2.97. The van der Waals surface area contributed by atoms with E-state index in [1.165, 1.54) is 0 Å². The number of hydrogen-bond donors (Lipinski definition) is 1. The van der Waals surface area contributed by atoms with Crippen LogP contribution in [-0.4, -0.2) is 55.9 Å². The van der Waals surface area contributed by atoms with Crippen LogP contribution in [-0.2, 0) is 6.54 Å². The number of pyridine rings is 1. The summed E-state index contributed by atoms with van der Waals surface area (Å²) >= 11 is 0. The predicted molar refractivity (Wildman–Crippen MR) is 162 cm³/mol. The van der Waals surface area contributed by atoms with Crippen LogP contribution in [0.1, 0.15) is 21.5 Å². The largest absolute Gasteiger partial charge is 0.493 e. The Hall–Kier alpha value is -5.07. The summed E-state index contributed by atoms with van der Waals surface area (Å²) in [5.41, 5.74) is 5.91. The highest BCUT2D eigenvalue weighted by molar-refractivity contribution is 6.05. The summed E-state index contributed by atoms with van der Waals surface area (Å²) < 4.78 is 16.6. The van der Waals surface area contributed by atoms with Crippen LogP contribution in [0.4, 0.5) is 17.2 Å². The van der Waals surface area contributed by atoms with Crippen molar-refractivity contribution >= 4 is 23.1 Å². The molecular weight excluding hydrogens is 530 g/mol. The minimum absolute atomic E-state index is 0.197. The van der Waals surface area contributed by atoms with Gasteiger partial charge in [-0.3, -0.25) is 9.69 Å². The number of fused-ring (bicyclic) bond motifs is 1. The summed E-state index contributed by atoms with van der Waals surface area (Å²) in [6.45, 7) is 13.7. The molecule has 0 unspecified atom stereocenters. The Morgan fingerprint density at radius 1 is 1.02 bits per heavy atom. The summed E-state index contributed by atoms with van der Waals surface area (Å²) in [4.78, 5) is 25.8. The average molecular weight is 562 g/mol. The van der Waals surface area contributed by atoms with Crippen molar-refractivity contribution in [2.75, 3.05) is 50.3 Å². The van der Waals surface area contributed by atoms with Crippen LogP contribution >= 0.6 is 0 Å². The lowest BCUT2D eigenvalue weighted by Crippen LogP contribution is -2.46.